The number of aliphatic hydroxyl groups is 1. The average molecular weight is 229 g/mol. The predicted octanol–water partition coefficient (Wildman–Crippen LogP) is 1.10. The number of carbonyl (C=O) groups excluding carboxylic acids is 1. The minimum Gasteiger partial charge on any atom is -0.463 e. The third-order valence-electron chi connectivity index (χ3n) is 2.39. The molecule has 1 atom stereocenters. The van der Waals surface area contributed by atoms with Gasteiger partial charge in [0.25, 0.3) is 0 Å². The van der Waals surface area contributed by atoms with Crippen LogP contribution in [0.25, 0.3) is 0 Å². The third kappa shape index (κ3) is 5.88. The second-order valence-electron chi connectivity index (χ2n) is 4.07. The van der Waals surface area contributed by atoms with Crippen molar-refractivity contribution in [1.29, 1.82) is 0 Å². The van der Waals surface area contributed by atoms with Crippen molar-refractivity contribution in [2.75, 3.05) is 19.8 Å². The molecule has 0 aromatic carbocycles. The molecule has 0 bridgehead atoms. The highest BCUT2D eigenvalue weighted by Crippen LogP contribution is 2.06. The van der Waals surface area contributed by atoms with Crippen LogP contribution >= 0.6 is 0 Å². The summed E-state index contributed by atoms with van der Waals surface area (Å²) >= 11 is 0. The van der Waals surface area contributed by atoms with Crippen molar-refractivity contribution in [2.24, 2.45) is 5.92 Å². The van der Waals surface area contributed by atoms with E-state index in [9.17, 15) is 4.79 Å². The highest BCUT2D eigenvalue weighted by atomic mass is 16.5. The third-order valence-corrected chi connectivity index (χ3v) is 2.39. The molecule has 0 heterocycles. The van der Waals surface area contributed by atoms with Crippen LogP contribution in [0.5, 0.6) is 0 Å². The van der Waals surface area contributed by atoms with Gasteiger partial charge in [-0.2, -0.15) is 0 Å². The van der Waals surface area contributed by atoms with Gasteiger partial charge in [0.05, 0.1) is 6.61 Å². The normalized spacial score (nSPS) is 12.6. The largest absolute Gasteiger partial charge is 0.463 e. The van der Waals surface area contributed by atoms with Crippen LogP contribution in [-0.4, -0.2) is 36.9 Å². The van der Waals surface area contributed by atoms with Crippen molar-refractivity contribution < 1.29 is 14.6 Å². The van der Waals surface area contributed by atoms with Crippen LogP contribution in [0.2, 0.25) is 0 Å². The van der Waals surface area contributed by atoms with Crippen molar-refractivity contribution in [3.05, 3.63) is 12.2 Å². The Balaban J connectivity index is 4.00. The zero-order chi connectivity index (χ0) is 12.6. The maximum atomic E-state index is 11.3. The van der Waals surface area contributed by atoms with Crippen molar-refractivity contribution in [3.63, 3.8) is 0 Å². The van der Waals surface area contributed by atoms with Crippen molar-refractivity contribution in [1.82, 2.24) is 5.32 Å². The molecule has 16 heavy (non-hydrogen) atoms. The first-order chi connectivity index (χ1) is 7.52. The molecule has 0 aliphatic heterocycles. The summed E-state index contributed by atoms with van der Waals surface area (Å²) in [6.45, 7) is 10.5. The molecule has 0 spiro atoms. The number of rotatable bonds is 8. The van der Waals surface area contributed by atoms with E-state index in [1.54, 1.807) is 6.92 Å². The summed E-state index contributed by atoms with van der Waals surface area (Å²) in [6, 6.07) is 0.191. The summed E-state index contributed by atoms with van der Waals surface area (Å²) in [5.41, 5.74) is 0.422. The lowest BCUT2D eigenvalue weighted by Gasteiger charge is -2.21. The van der Waals surface area contributed by atoms with Gasteiger partial charge in [0.2, 0.25) is 0 Å². The lowest BCUT2D eigenvalue weighted by atomic mass is 10.0. The Morgan fingerprint density at radius 3 is 2.56 bits per heavy atom. The van der Waals surface area contributed by atoms with Gasteiger partial charge in [0, 0.05) is 24.8 Å². The maximum absolute atomic E-state index is 11.3. The molecular formula is C12H23NO3. The minimum atomic E-state index is -0.360. The van der Waals surface area contributed by atoms with E-state index < -0.39 is 0 Å². The van der Waals surface area contributed by atoms with Crippen LogP contribution in [-0.2, 0) is 9.53 Å². The highest BCUT2D eigenvalue weighted by molar-refractivity contribution is 5.88. The second-order valence-corrected chi connectivity index (χ2v) is 4.07. The van der Waals surface area contributed by atoms with Gasteiger partial charge in [0.15, 0.2) is 0 Å². The summed E-state index contributed by atoms with van der Waals surface area (Å²) in [6.07, 6.45) is 0.674. The fourth-order valence-corrected chi connectivity index (χ4v) is 1.37. The van der Waals surface area contributed by atoms with Crippen LogP contribution in [0.1, 0.15) is 27.2 Å². The Hall–Kier alpha value is -0.870. The number of hydrogen-bond donors (Lipinski definition) is 2. The Labute approximate surface area is 97.7 Å². The number of nitrogens with one attached hydrogen (secondary N) is 1. The van der Waals surface area contributed by atoms with Crippen LogP contribution in [0, 0.1) is 5.92 Å². The van der Waals surface area contributed by atoms with Gasteiger partial charge in [-0.3, -0.25) is 0 Å². The molecule has 4 nitrogen and oxygen atoms in total. The van der Waals surface area contributed by atoms with Crippen molar-refractivity contribution >= 4 is 5.97 Å². The van der Waals surface area contributed by atoms with Crippen LogP contribution in [0.15, 0.2) is 12.2 Å². The van der Waals surface area contributed by atoms with Gasteiger partial charge in [-0.25, -0.2) is 4.79 Å². The zero-order valence-corrected chi connectivity index (χ0v) is 10.5. The molecule has 0 saturated heterocycles. The second kappa shape index (κ2) is 8.30. The summed E-state index contributed by atoms with van der Waals surface area (Å²) in [5.74, 6) is 0.0450. The van der Waals surface area contributed by atoms with Crippen LogP contribution in [0.3, 0.4) is 0 Å². The van der Waals surface area contributed by atoms with Gasteiger partial charge in [-0.05, 0) is 19.3 Å². The molecule has 0 amide bonds. The van der Waals surface area contributed by atoms with Crippen molar-refractivity contribution in [2.45, 2.75) is 33.2 Å². The first-order valence-corrected chi connectivity index (χ1v) is 5.72. The van der Waals surface area contributed by atoms with E-state index in [2.05, 4.69) is 25.7 Å². The molecule has 0 aromatic rings. The first kappa shape index (κ1) is 15.1. The molecule has 0 aromatic heterocycles. The van der Waals surface area contributed by atoms with E-state index in [0.717, 1.165) is 0 Å². The standard InChI is InChI=1S/C12H23NO3/c1-5-16-12(15)10(4)8-13-11(6-7-14)9(2)3/h9,11,13-14H,4-8H2,1-3H3. The fourth-order valence-electron chi connectivity index (χ4n) is 1.37. The molecule has 1 unspecified atom stereocenters. The minimum absolute atomic E-state index is 0.141. The topological polar surface area (TPSA) is 58.6 Å². The first-order valence-electron chi connectivity index (χ1n) is 5.72. The molecule has 0 aliphatic carbocycles. The Morgan fingerprint density at radius 2 is 2.12 bits per heavy atom. The number of ether oxygens (including phenoxy) is 1. The van der Waals surface area contributed by atoms with Gasteiger partial charge in [0.1, 0.15) is 0 Å². The lowest BCUT2D eigenvalue weighted by Crippen LogP contribution is -2.37. The summed E-state index contributed by atoms with van der Waals surface area (Å²) in [7, 11) is 0. The molecular weight excluding hydrogens is 206 g/mol. The van der Waals surface area contributed by atoms with Gasteiger partial charge >= 0.3 is 5.97 Å². The molecule has 94 valence electrons. The molecule has 4 heteroatoms. The Kier molecular flexibility index (Phi) is 7.85. The van der Waals surface area contributed by atoms with Gasteiger partial charge < -0.3 is 15.2 Å². The number of esters is 1. The van der Waals surface area contributed by atoms with Crippen molar-refractivity contribution in [3.8, 4) is 0 Å². The molecule has 2 N–H and O–H groups in total. The van der Waals surface area contributed by atoms with E-state index >= 15 is 0 Å². The van der Waals surface area contributed by atoms with Crippen LogP contribution in [0.4, 0.5) is 0 Å². The van der Waals surface area contributed by atoms with E-state index in [-0.39, 0.29) is 18.6 Å². The molecule has 0 rings (SSSR count). The number of hydrogen-bond acceptors (Lipinski definition) is 4. The van der Waals surface area contributed by atoms with E-state index in [1.807, 2.05) is 0 Å². The molecule has 0 radical (unpaired) electrons. The Morgan fingerprint density at radius 1 is 1.50 bits per heavy atom. The molecule has 0 saturated carbocycles. The molecule has 0 fully saturated rings. The van der Waals surface area contributed by atoms with Gasteiger partial charge in [-0.1, -0.05) is 20.4 Å². The van der Waals surface area contributed by atoms with Crippen LogP contribution < -0.4 is 5.32 Å². The van der Waals surface area contributed by atoms with Gasteiger partial charge in [-0.15, -0.1) is 0 Å². The van der Waals surface area contributed by atoms with E-state index in [1.165, 1.54) is 0 Å². The fraction of sp³-hybridized carbons (Fsp3) is 0.750. The highest BCUT2D eigenvalue weighted by Gasteiger charge is 2.14. The lowest BCUT2D eigenvalue weighted by molar-refractivity contribution is -0.138. The zero-order valence-electron chi connectivity index (χ0n) is 10.5. The predicted molar refractivity (Wildman–Crippen MR) is 64.1 cm³/mol. The number of aliphatic hydroxyl groups excluding tert-OH is 1. The average Bonchev–Trinajstić information content (AvgIpc) is 2.23. The van der Waals surface area contributed by atoms with E-state index in [0.29, 0.717) is 31.1 Å². The summed E-state index contributed by atoms with van der Waals surface area (Å²) in [5, 5.41) is 12.1. The van der Waals surface area contributed by atoms with E-state index in [4.69, 9.17) is 9.84 Å². The quantitative estimate of drug-likeness (QED) is 0.483. The smallest absolute Gasteiger partial charge is 0.334 e. The SMILES string of the molecule is C=C(CNC(CCO)C(C)C)C(=O)OCC. The monoisotopic (exact) mass is 229 g/mol. The molecule has 0 aliphatic rings. The number of carbonyl (C=O) groups is 1. The summed E-state index contributed by atoms with van der Waals surface area (Å²) < 4.78 is 4.83. The maximum Gasteiger partial charge on any atom is 0.334 e. The Bertz CT molecular complexity index is 226. The summed E-state index contributed by atoms with van der Waals surface area (Å²) in [4.78, 5) is 11.3.